The SMILES string of the molecule is CC(CC(N)=O)Nc1ccccc1C(C)C. The summed E-state index contributed by atoms with van der Waals surface area (Å²) in [6, 6.07) is 8.22. The molecule has 0 bridgehead atoms. The van der Waals surface area contributed by atoms with Crippen molar-refractivity contribution in [3.63, 3.8) is 0 Å². The molecule has 0 aromatic heterocycles. The van der Waals surface area contributed by atoms with E-state index >= 15 is 0 Å². The zero-order valence-electron chi connectivity index (χ0n) is 10.2. The highest BCUT2D eigenvalue weighted by molar-refractivity contribution is 5.75. The standard InChI is InChI=1S/C13H20N2O/c1-9(2)11-6-4-5-7-12(11)15-10(3)8-13(14)16/h4-7,9-10,15H,8H2,1-3H3,(H2,14,16). The van der Waals surface area contributed by atoms with Crippen LogP contribution >= 0.6 is 0 Å². The second-order valence-electron chi connectivity index (χ2n) is 4.46. The van der Waals surface area contributed by atoms with Crippen LogP contribution in [-0.2, 0) is 4.79 Å². The summed E-state index contributed by atoms with van der Waals surface area (Å²) in [6.45, 7) is 6.26. The summed E-state index contributed by atoms with van der Waals surface area (Å²) >= 11 is 0. The number of hydrogen-bond acceptors (Lipinski definition) is 2. The van der Waals surface area contributed by atoms with Gasteiger partial charge >= 0.3 is 0 Å². The molecule has 1 atom stereocenters. The van der Waals surface area contributed by atoms with Crippen LogP contribution in [-0.4, -0.2) is 11.9 Å². The Morgan fingerprint density at radius 3 is 2.50 bits per heavy atom. The highest BCUT2D eigenvalue weighted by atomic mass is 16.1. The molecule has 0 saturated heterocycles. The number of carbonyl (C=O) groups is 1. The molecule has 0 fully saturated rings. The number of carbonyl (C=O) groups excluding carboxylic acids is 1. The van der Waals surface area contributed by atoms with Gasteiger partial charge in [-0.1, -0.05) is 32.0 Å². The first-order valence-electron chi connectivity index (χ1n) is 5.64. The van der Waals surface area contributed by atoms with Crippen molar-refractivity contribution in [2.75, 3.05) is 5.32 Å². The van der Waals surface area contributed by atoms with Crippen LogP contribution < -0.4 is 11.1 Å². The van der Waals surface area contributed by atoms with Gasteiger partial charge in [-0.2, -0.15) is 0 Å². The molecule has 3 N–H and O–H groups in total. The monoisotopic (exact) mass is 220 g/mol. The van der Waals surface area contributed by atoms with E-state index in [1.807, 2.05) is 25.1 Å². The van der Waals surface area contributed by atoms with Crippen LogP contribution in [0.25, 0.3) is 0 Å². The number of rotatable bonds is 5. The fourth-order valence-electron chi connectivity index (χ4n) is 1.75. The maximum Gasteiger partial charge on any atom is 0.219 e. The van der Waals surface area contributed by atoms with Crippen LogP contribution in [0.3, 0.4) is 0 Å². The van der Waals surface area contributed by atoms with Gasteiger partial charge in [0.2, 0.25) is 5.91 Å². The molecule has 3 heteroatoms. The van der Waals surface area contributed by atoms with Gasteiger partial charge in [-0.25, -0.2) is 0 Å². The van der Waals surface area contributed by atoms with E-state index in [2.05, 4.69) is 25.2 Å². The summed E-state index contributed by atoms with van der Waals surface area (Å²) in [5.41, 5.74) is 7.52. The molecule has 1 amide bonds. The second kappa shape index (κ2) is 5.54. The quantitative estimate of drug-likeness (QED) is 0.801. The zero-order chi connectivity index (χ0) is 12.1. The van der Waals surface area contributed by atoms with E-state index in [-0.39, 0.29) is 11.9 Å². The maximum absolute atomic E-state index is 10.8. The number of nitrogens with one attached hydrogen (secondary N) is 1. The molecule has 0 heterocycles. The van der Waals surface area contributed by atoms with Crippen LogP contribution in [0.5, 0.6) is 0 Å². The predicted octanol–water partition coefficient (Wildman–Crippen LogP) is 2.49. The Kier molecular flexibility index (Phi) is 4.35. The summed E-state index contributed by atoms with van der Waals surface area (Å²) in [4.78, 5) is 10.8. The Balaban J connectivity index is 2.76. The lowest BCUT2D eigenvalue weighted by molar-refractivity contribution is -0.118. The molecular weight excluding hydrogens is 200 g/mol. The van der Waals surface area contributed by atoms with Crippen molar-refractivity contribution in [1.29, 1.82) is 0 Å². The minimum atomic E-state index is -0.276. The number of amides is 1. The fraction of sp³-hybridized carbons (Fsp3) is 0.462. The van der Waals surface area contributed by atoms with Gasteiger partial charge in [0.15, 0.2) is 0 Å². The molecule has 1 aromatic carbocycles. The third-order valence-electron chi connectivity index (χ3n) is 2.49. The Morgan fingerprint density at radius 1 is 1.31 bits per heavy atom. The number of benzene rings is 1. The van der Waals surface area contributed by atoms with E-state index in [0.29, 0.717) is 12.3 Å². The van der Waals surface area contributed by atoms with Gasteiger partial charge in [0.25, 0.3) is 0 Å². The van der Waals surface area contributed by atoms with E-state index < -0.39 is 0 Å². The topological polar surface area (TPSA) is 55.1 Å². The average molecular weight is 220 g/mol. The highest BCUT2D eigenvalue weighted by Gasteiger charge is 2.09. The number of hydrogen-bond donors (Lipinski definition) is 2. The van der Waals surface area contributed by atoms with E-state index in [9.17, 15) is 4.79 Å². The number of primary amides is 1. The van der Waals surface area contributed by atoms with Crippen LogP contribution in [0.15, 0.2) is 24.3 Å². The first kappa shape index (κ1) is 12.6. The van der Waals surface area contributed by atoms with Gasteiger partial charge in [0.05, 0.1) is 0 Å². The van der Waals surface area contributed by atoms with Gasteiger partial charge in [0, 0.05) is 18.2 Å². The van der Waals surface area contributed by atoms with Crippen molar-refractivity contribution < 1.29 is 4.79 Å². The van der Waals surface area contributed by atoms with Crippen molar-refractivity contribution >= 4 is 11.6 Å². The molecule has 0 aliphatic rings. The van der Waals surface area contributed by atoms with Crippen molar-refractivity contribution in [1.82, 2.24) is 0 Å². The van der Waals surface area contributed by atoms with E-state index in [0.717, 1.165) is 5.69 Å². The van der Waals surface area contributed by atoms with Crippen LogP contribution in [0.2, 0.25) is 0 Å². The molecule has 0 spiro atoms. The molecule has 0 saturated carbocycles. The third kappa shape index (κ3) is 3.57. The molecule has 88 valence electrons. The smallest absolute Gasteiger partial charge is 0.219 e. The lowest BCUT2D eigenvalue weighted by Gasteiger charge is -2.18. The predicted molar refractivity (Wildman–Crippen MR) is 67.4 cm³/mol. The Bertz CT molecular complexity index is 361. The molecular formula is C13H20N2O. The highest BCUT2D eigenvalue weighted by Crippen LogP contribution is 2.24. The fourth-order valence-corrected chi connectivity index (χ4v) is 1.75. The summed E-state index contributed by atoms with van der Waals surface area (Å²) in [7, 11) is 0. The minimum Gasteiger partial charge on any atom is -0.382 e. The molecule has 3 nitrogen and oxygen atoms in total. The van der Waals surface area contributed by atoms with Crippen molar-refractivity contribution in [2.45, 2.75) is 39.2 Å². The lowest BCUT2D eigenvalue weighted by atomic mass is 10.0. The molecule has 1 unspecified atom stereocenters. The largest absolute Gasteiger partial charge is 0.382 e. The normalized spacial score (nSPS) is 12.5. The van der Waals surface area contributed by atoms with Gasteiger partial charge in [0.1, 0.15) is 0 Å². The van der Waals surface area contributed by atoms with E-state index in [4.69, 9.17) is 5.73 Å². The van der Waals surface area contributed by atoms with Gasteiger partial charge < -0.3 is 11.1 Å². The number of nitrogens with two attached hydrogens (primary N) is 1. The van der Waals surface area contributed by atoms with E-state index in [1.54, 1.807) is 0 Å². The van der Waals surface area contributed by atoms with Gasteiger partial charge in [-0.3, -0.25) is 4.79 Å². The molecule has 16 heavy (non-hydrogen) atoms. The summed E-state index contributed by atoms with van der Waals surface area (Å²) in [5.74, 6) is 0.187. The zero-order valence-corrected chi connectivity index (χ0v) is 10.2. The van der Waals surface area contributed by atoms with Crippen LogP contribution in [0.4, 0.5) is 5.69 Å². The minimum absolute atomic E-state index is 0.0670. The maximum atomic E-state index is 10.8. The molecule has 1 rings (SSSR count). The first-order valence-corrected chi connectivity index (χ1v) is 5.64. The van der Waals surface area contributed by atoms with Crippen molar-refractivity contribution in [3.05, 3.63) is 29.8 Å². The lowest BCUT2D eigenvalue weighted by Crippen LogP contribution is -2.24. The Hall–Kier alpha value is -1.51. The Morgan fingerprint density at radius 2 is 1.94 bits per heavy atom. The summed E-state index contributed by atoms with van der Waals surface area (Å²) in [5, 5.41) is 3.32. The average Bonchev–Trinajstić information content (AvgIpc) is 2.16. The molecule has 0 aliphatic heterocycles. The summed E-state index contributed by atoms with van der Waals surface area (Å²) < 4.78 is 0. The van der Waals surface area contributed by atoms with E-state index in [1.165, 1.54) is 5.56 Å². The van der Waals surface area contributed by atoms with Crippen LogP contribution in [0, 0.1) is 0 Å². The second-order valence-corrected chi connectivity index (χ2v) is 4.46. The van der Waals surface area contributed by atoms with Crippen LogP contribution in [0.1, 0.15) is 38.7 Å². The van der Waals surface area contributed by atoms with Gasteiger partial charge in [-0.05, 0) is 24.5 Å². The number of anilines is 1. The van der Waals surface area contributed by atoms with Crippen molar-refractivity contribution in [3.8, 4) is 0 Å². The molecule has 1 aromatic rings. The third-order valence-corrected chi connectivity index (χ3v) is 2.49. The first-order chi connectivity index (χ1) is 7.50. The molecule has 0 aliphatic carbocycles. The molecule has 0 radical (unpaired) electrons. The Labute approximate surface area is 97.0 Å². The number of para-hydroxylation sites is 1. The summed E-state index contributed by atoms with van der Waals surface area (Å²) in [6.07, 6.45) is 0.354. The van der Waals surface area contributed by atoms with Crippen molar-refractivity contribution in [2.24, 2.45) is 5.73 Å². The van der Waals surface area contributed by atoms with Gasteiger partial charge in [-0.15, -0.1) is 0 Å².